The second kappa shape index (κ2) is 5.82. The molecule has 0 bridgehead atoms. The number of hydrogen-bond donors (Lipinski definition) is 1. The van der Waals surface area contributed by atoms with Crippen molar-refractivity contribution in [2.75, 3.05) is 5.84 Å². The zero-order chi connectivity index (χ0) is 13.1. The van der Waals surface area contributed by atoms with Crippen molar-refractivity contribution in [1.82, 2.24) is 14.9 Å². The van der Waals surface area contributed by atoms with Crippen LogP contribution in [0.4, 0.5) is 0 Å². The van der Waals surface area contributed by atoms with Gasteiger partial charge in [0.15, 0.2) is 5.82 Å². The van der Waals surface area contributed by atoms with Crippen LogP contribution in [0.25, 0.3) is 0 Å². The highest BCUT2D eigenvalue weighted by molar-refractivity contribution is 7.98. The lowest BCUT2D eigenvalue weighted by Gasteiger charge is -2.03. The molecule has 0 aliphatic carbocycles. The number of rotatable bonds is 4. The van der Waals surface area contributed by atoms with Gasteiger partial charge in [0.25, 0.3) is 0 Å². The molecular weight excluding hydrogens is 291 g/mol. The third-order valence-electron chi connectivity index (χ3n) is 2.40. The highest BCUT2D eigenvalue weighted by Crippen LogP contribution is 2.26. The average molecular weight is 303 g/mol. The second-order valence-electron chi connectivity index (χ2n) is 3.66. The molecule has 2 aromatic rings. The van der Waals surface area contributed by atoms with Crippen molar-refractivity contribution in [3.05, 3.63) is 39.6 Å². The van der Waals surface area contributed by atoms with Crippen LogP contribution in [0.5, 0.6) is 0 Å². The van der Waals surface area contributed by atoms with E-state index in [0.29, 0.717) is 15.2 Å². The number of aromatic nitrogens is 3. The van der Waals surface area contributed by atoms with E-state index in [9.17, 15) is 0 Å². The molecule has 0 saturated carbocycles. The quantitative estimate of drug-likeness (QED) is 0.696. The fraction of sp³-hybridized carbons (Fsp3) is 0.273. The van der Waals surface area contributed by atoms with Crippen molar-refractivity contribution < 1.29 is 0 Å². The summed E-state index contributed by atoms with van der Waals surface area (Å²) in [5.41, 5.74) is 1.07. The molecule has 0 aliphatic rings. The normalized spacial score (nSPS) is 10.8. The average Bonchev–Trinajstić information content (AvgIpc) is 2.72. The first-order chi connectivity index (χ1) is 8.61. The molecule has 0 atom stereocenters. The maximum Gasteiger partial charge on any atom is 0.210 e. The van der Waals surface area contributed by atoms with Gasteiger partial charge in [0.2, 0.25) is 5.16 Å². The van der Waals surface area contributed by atoms with Crippen LogP contribution in [-0.4, -0.2) is 14.9 Å². The van der Waals surface area contributed by atoms with Gasteiger partial charge < -0.3 is 5.84 Å². The highest BCUT2D eigenvalue weighted by Gasteiger charge is 2.09. The number of halogens is 2. The molecule has 2 rings (SSSR count). The van der Waals surface area contributed by atoms with Crippen LogP contribution in [0, 0.1) is 0 Å². The van der Waals surface area contributed by atoms with Crippen molar-refractivity contribution in [1.29, 1.82) is 0 Å². The summed E-state index contributed by atoms with van der Waals surface area (Å²) in [7, 11) is 0. The molecule has 1 aromatic carbocycles. The van der Waals surface area contributed by atoms with Gasteiger partial charge in [-0.05, 0) is 17.7 Å². The lowest BCUT2D eigenvalue weighted by atomic mass is 10.2. The number of hydrogen-bond acceptors (Lipinski definition) is 4. The maximum atomic E-state index is 5.95. The number of nitrogens with two attached hydrogens (primary N) is 1. The highest BCUT2D eigenvalue weighted by atomic mass is 35.5. The fourth-order valence-electron chi connectivity index (χ4n) is 1.42. The monoisotopic (exact) mass is 302 g/mol. The largest absolute Gasteiger partial charge is 0.336 e. The summed E-state index contributed by atoms with van der Waals surface area (Å²) in [5, 5.41) is 9.83. The zero-order valence-electron chi connectivity index (χ0n) is 9.73. The molecule has 7 heteroatoms. The minimum absolute atomic E-state index is 0.554. The first kappa shape index (κ1) is 13.5. The van der Waals surface area contributed by atoms with E-state index in [-0.39, 0.29) is 0 Å². The van der Waals surface area contributed by atoms with E-state index in [1.165, 1.54) is 16.4 Å². The first-order valence-electron chi connectivity index (χ1n) is 5.38. The van der Waals surface area contributed by atoms with Crippen LogP contribution >= 0.6 is 35.0 Å². The van der Waals surface area contributed by atoms with Crippen LogP contribution in [0.15, 0.2) is 23.4 Å². The third kappa shape index (κ3) is 2.91. The summed E-state index contributed by atoms with van der Waals surface area (Å²) >= 11 is 13.3. The zero-order valence-corrected chi connectivity index (χ0v) is 12.1. The van der Waals surface area contributed by atoms with Gasteiger partial charge in [-0.2, -0.15) is 0 Å². The van der Waals surface area contributed by atoms with Crippen molar-refractivity contribution in [3.63, 3.8) is 0 Å². The Hall–Kier alpha value is -0.910. The topological polar surface area (TPSA) is 56.7 Å². The van der Waals surface area contributed by atoms with Crippen molar-refractivity contribution in [3.8, 4) is 0 Å². The summed E-state index contributed by atoms with van der Waals surface area (Å²) in [4.78, 5) is 0. The van der Waals surface area contributed by atoms with Crippen molar-refractivity contribution >= 4 is 35.0 Å². The molecule has 4 nitrogen and oxygen atoms in total. The molecule has 0 amide bonds. The van der Waals surface area contributed by atoms with Crippen LogP contribution in [0.1, 0.15) is 18.3 Å². The fourth-order valence-corrected chi connectivity index (χ4v) is 2.56. The molecule has 2 N–H and O–H groups in total. The lowest BCUT2D eigenvalue weighted by molar-refractivity contribution is 0.796. The van der Waals surface area contributed by atoms with E-state index in [0.717, 1.165) is 23.6 Å². The van der Waals surface area contributed by atoms with Gasteiger partial charge in [0.1, 0.15) is 0 Å². The van der Waals surface area contributed by atoms with E-state index >= 15 is 0 Å². The molecule has 0 spiro atoms. The van der Waals surface area contributed by atoms with Crippen LogP contribution in [0.3, 0.4) is 0 Å². The minimum atomic E-state index is 0.554. The van der Waals surface area contributed by atoms with Crippen molar-refractivity contribution in [2.24, 2.45) is 0 Å². The molecule has 0 radical (unpaired) electrons. The molecule has 1 heterocycles. The molecule has 0 aliphatic heterocycles. The summed E-state index contributed by atoms with van der Waals surface area (Å²) in [6, 6.07) is 5.55. The minimum Gasteiger partial charge on any atom is -0.336 e. The lowest BCUT2D eigenvalue weighted by Crippen LogP contribution is -2.13. The number of thioether (sulfide) groups is 1. The van der Waals surface area contributed by atoms with Crippen LogP contribution in [0.2, 0.25) is 10.0 Å². The predicted octanol–water partition coefficient (Wildman–Crippen LogP) is 3.15. The second-order valence-corrected chi connectivity index (χ2v) is 5.42. The van der Waals surface area contributed by atoms with E-state index < -0.39 is 0 Å². The van der Waals surface area contributed by atoms with Gasteiger partial charge >= 0.3 is 0 Å². The Labute approximate surface area is 119 Å². The summed E-state index contributed by atoms with van der Waals surface area (Å²) in [6.07, 6.45) is 0.761. The molecule has 0 unspecified atom stereocenters. The van der Waals surface area contributed by atoms with Crippen molar-refractivity contribution in [2.45, 2.75) is 24.3 Å². The first-order valence-corrected chi connectivity index (χ1v) is 7.12. The summed E-state index contributed by atoms with van der Waals surface area (Å²) in [5.74, 6) is 7.34. The van der Waals surface area contributed by atoms with Gasteiger partial charge in [-0.15, -0.1) is 10.2 Å². The van der Waals surface area contributed by atoms with Gasteiger partial charge in [0.05, 0.1) is 10.0 Å². The van der Waals surface area contributed by atoms with Gasteiger partial charge in [-0.1, -0.05) is 48.0 Å². The number of aryl methyl sites for hydroxylation is 1. The van der Waals surface area contributed by atoms with Gasteiger partial charge in [0, 0.05) is 12.2 Å². The Balaban J connectivity index is 2.06. The Kier molecular flexibility index (Phi) is 4.37. The van der Waals surface area contributed by atoms with Gasteiger partial charge in [-0.3, -0.25) is 0 Å². The van der Waals surface area contributed by atoms with E-state index in [4.69, 9.17) is 29.0 Å². The smallest absolute Gasteiger partial charge is 0.210 e. The molecule has 0 fully saturated rings. The Morgan fingerprint density at radius 3 is 2.67 bits per heavy atom. The molecular formula is C11H12Cl2N4S. The van der Waals surface area contributed by atoms with Crippen LogP contribution < -0.4 is 5.84 Å². The summed E-state index contributed by atoms with van der Waals surface area (Å²) in [6.45, 7) is 1.99. The number of nitrogen functional groups attached to an aromatic ring is 1. The predicted molar refractivity (Wildman–Crippen MR) is 75.6 cm³/mol. The van der Waals surface area contributed by atoms with E-state index in [1.807, 2.05) is 19.1 Å². The Morgan fingerprint density at radius 1 is 1.28 bits per heavy atom. The SMILES string of the molecule is CCc1nnc(SCc2ccc(Cl)c(Cl)c2)n1N. The number of nitrogens with zero attached hydrogens (tertiary/aromatic N) is 3. The number of benzene rings is 1. The maximum absolute atomic E-state index is 5.95. The van der Waals surface area contributed by atoms with Gasteiger partial charge in [-0.25, -0.2) is 4.68 Å². The Morgan fingerprint density at radius 2 is 2.06 bits per heavy atom. The van der Waals surface area contributed by atoms with E-state index in [1.54, 1.807) is 6.07 Å². The standard InChI is InChI=1S/C11H12Cl2N4S/c1-2-10-15-16-11(17(10)14)18-6-7-3-4-8(12)9(13)5-7/h3-5H,2,6,14H2,1H3. The molecule has 0 saturated heterocycles. The Bertz CT molecular complexity index is 556. The van der Waals surface area contributed by atoms with Crippen LogP contribution in [-0.2, 0) is 12.2 Å². The summed E-state index contributed by atoms with van der Waals surface area (Å²) < 4.78 is 1.52. The molecule has 1 aromatic heterocycles. The molecule has 96 valence electrons. The third-order valence-corrected chi connectivity index (χ3v) is 4.16. The molecule has 18 heavy (non-hydrogen) atoms. The van der Waals surface area contributed by atoms with E-state index in [2.05, 4.69) is 10.2 Å².